The molecule has 0 aliphatic carbocycles. The molecule has 0 aliphatic rings. The van der Waals surface area contributed by atoms with E-state index in [1.807, 2.05) is 0 Å². The first-order chi connectivity index (χ1) is 14.4. The number of nitrogens with one attached hydrogen (secondary N) is 2. The van der Waals surface area contributed by atoms with Crippen LogP contribution in [-0.4, -0.2) is 32.3 Å². The molecule has 1 heterocycles. The molecule has 0 spiro atoms. The summed E-state index contributed by atoms with van der Waals surface area (Å²) >= 11 is 7.22. The average Bonchev–Trinajstić information content (AvgIpc) is 3.09. The van der Waals surface area contributed by atoms with Crippen molar-refractivity contribution in [2.75, 3.05) is 11.1 Å². The first-order valence-corrected chi connectivity index (χ1v) is 10.3. The van der Waals surface area contributed by atoms with E-state index < -0.39 is 11.9 Å². The number of amides is 2. The molecule has 1 atom stereocenters. The van der Waals surface area contributed by atoms with Gasteiger partial charge < -0.3 is 15.2 Å². The molecule has 0 saturated carbocycles. The van der Waals surface area contributed by atoms with Crippen LogP contribution in [0.5, 0.6) is 0 Å². The van der Waals surface area contributed by atoms with Crippen LogP contribution in [0.25, 0.3) is 0 Å². The summed E-state index contributed by atoms with van der Waals surface area (Å²) in [7, 11) is 1.74. The number of thioether (sulfide) groups is 1. The molecule has 1 aromatic heterocycles. The number of benzene rings is 2. The lowest BCUT2D eigenvalue weighted by molar-refractivity contribution is -0.113. The highest BCUT2D eigenvalue weighted by Gasteiger charge is 2.20. The van der Waals surface area contributed by atoms with Crippen LogP contribution < -0.4 is 10.6 Å². The maximum atomic E-state index is 13.6. The van der Waals surface area contributed by atoms with Gasteiger partial charge in [-0.2, -0.15) is 0 Å². The number of halogens is 2. The number of rotatable bonds is 7. The van der Waals surface area contributed by atoms with Gasteiger partial charge in [0.2, 0.25) is 5.91 Å². The van der Waals surface area contributed by atoms with Gasteiger partial charge in [0.25, 0.3) is 5.91 Å². The van der Waals surface area contributed by atoms with Gasteiger partial charge in [-0.3, -0.25) is 9.59 Å². The van der Waals surface area contributed by atoms with Crippen molar-refractivity contribution in [1.29, 1.82) is 0 Å². The van der Waals surface area contributed by atoms with Gasteiger partial charge >= 0.3 is 0 Å². The normalized spacial score (nSPS) is 11.7. The molecule has 30 heavy (non-hydrogen) atoms. The van der Waals surface area contributed by atoms with Gasteiger partial charge in [0.05, 0.1) is 28.1 Å². The van der Waals surface area contributed by atoms with E-state index in [-0.39, 0.29) is 23.3 Å². The number of hydrogen-bond acceptors (Lipinski definition) is 5. The third-order valence-electron chi connectivity index (χ3n) is 4.20. The van der Waals surface area contributed by atoms with Crippen LogP contribution in [-0.2, 0) is 11.8 Å². The number of anilines is 1. The molecule has 2 N–H and O–H groups in total. The maximum Gasteiger partial charge on any atom is 0.253 e. The molecule has 10 heteroatoms. The standard InChI is InChI=1S/C20H19ClFN5O2S/c1-12(23-19(29)13-7-3-4-8-14(13)21)18-25-26-20(27(18)2)30-11-17(28)24-16-10-6-5-9-15(16)22/h3-10,12H,11H2,1-2H3,(H,23,29)(H,24,28)/t12-/m1/s1. The van der Waals surface area contributed by atoms with Crippen molar-refractivity contribution in [3.8, 4) is 0 Å². The van der Waals surface area contributed by atoms with Gasteiger partial charge in [0.1, 0.15) is 5.82 Å². The second kappa shape index (κ2) is 9.73. The van der Waals surface area contributed by atoms with E-state index in [9.17, 15) is 14.0 Å². The molecule has 3 aromatic rings. The second-order valence-electron chi connectivity index (χ2n) is 6.39. The maximum absolute atomic E-state index is 13.6. The topological polar surface area (TPSA) is 88.9 Å². The molecule has 0 saturated heterocycles. The van der Waals surface area contributed by atoms with Crippen LogP contribution in [0.15, 0.2) is 53.7 Å². The van der Waals surface area contributed by atoms with E-state index in [1.165, 1.54) is 12.1 Å². The molecule has 0 unspecified atom stereocenters. The smallest absolute Gasteiger partial charge is 0.253 e. The first kappa shape index (κ1) is 21.8. The van der Waals surface area contributed by atoms with Crippen LogP contribution in [0.4, 0.5) is 10.1 Å². The summed E-state index contributed by atoms with van der Waals surface area (Å²) in [6.45, 7) is 1.78. The molecular weight excluding hydrogens is 429 g/mol. The molecule has 0 aliphatic heterocycles. The fraction of sp³-hybridized carbons (Fsp3) is 0.200. The minimum absolute atomic E-state index is 0.0284. The predicted molar refractivity (Wildman–Crippen MR) is 114 cm³/mol. The Hall–Kier alpha value is -2.91. The third-order valence-corrected chi connectivity index (χ3v) is 5.55. The quantitative estimate of drug-likeness (QED) is 0.537. The number of hydrogen-bond donors (Lipinski definition) is 2. The molecule has 0 fully saturated rings. The van der Waals surface area contributed by atoms with Gasteiger partial charge in [-0.25, -0.2) is 4.39 Å². The lowest BCUT2D eigenvalue weighted by atomic mass is 10.2. The number of carbonyl (C=O) groups is 2. The number of nitrogens with zero attached hydrogens (tertiary/aromatic N) is 3. The van der Waals surface area contributed by atoms with Crippen molar-refractivity contribution in [1.82, 2.24) is 20.1 Å². The van der Waals surface area contributed by atoms with Gasteiger partial charge in [0.15, 0.2) is 11.0 Å². The van der Waals surface area contributed by atoms with Gasteiger partial charge in [-0.05, 0) is 31.2 Å². The Morgan fingerprint density at radius 3 is 2.60 bits per heavy atom. The van der Waals surface area contributed by atoms with E-state index in [2.05, 4.69) is 20.8 Å². The fourth-order valence-electron chi connectivity index (χ4n) is 2.69. The van der Waals surface area contributed by atoms with Crippen LogP contribution >= 0.6 is 23.4 Å². The highest BCUT2D eigenvalue weighted by molar-refractivity contribution is 7.99. The summed E-state index contributed by atoms with van der Waals surface area (Å²) in [6.07, 6.45) is 0. The number of carbonyl (C=O) groups excluding carboxylic acids is 2. The Morgan fingerprint density at radius 2 is 1.87 bits per heavy atom. The molecule has 2 aromatic carbocycles. The third kappa shape index (κ3) is 5.17. The summed E-state index contributed by atoms with van der Waals surface area (Å²) in [5.41, 5.74) is 0.491. The van der Waals surface area contributed by atoms with E-state index in [0.29, 0.717) is 21.6 Å². The van der Waals surface area contributed by atoms with E-state index in [4.69, 9.17) is 11.6 Å². The Bertz CT molecular complexity index is 1070. The summed E-state index contributed by atoms with van der Waals surface area (Å²) in [5.74, 6) is -0.641. The van der Waals surface area contributed by atoms with Gasteiger partial charge in [-0.15, -0.1) is 10.2 Å². The Labute approximate surface area is 182 Å². The SMILES string of the molecule is C[C@@H](NC(=O)c1ccccc1Cl)c1nnc(SCC(=O)Nc2ccccc2F)n1C. The molecule has 3 rings (SSSR count). The van der Waals surface area contributed by atoms with Crippen LogP contribution in [0.2, 0.25) is 5.02 Å². The van der Waals surface area contributed by atoms with Gasteiger partial charge in [-0.1, -0.05) is 47.6 Å². The van der Waals surface area contributed by atoms with Crippen LogP contribution in [0.3, 0.4) is 0 Å². The number of aromatic nitrogens is 3. The lowest BCUT2D eigenvalue weighted by Crippen LogP contribution is -2.28. The average molecular weight is 448 g/mol. The first-order valence-electron chi connectivity index (χ1n) is 8.98. The van der Waals surface area contributed by atoms with Crippen molar-refractivity contribution >= 4 is 40.9 Å². The molecule has 2 amide bonds. The largest absolute Gasteiger partial charge is 0.342 e. The van der Waals surface area contributed by atoms with Gasteiger partial charge in [0, 0.05) is 7.05 Å². The molecule has 0 bridgehead atoms. The highest BCUT2D eigenvalue weighted by Crippen LogP contribution is 2.21. The van der Waals surface area contributed by atoms with Crippen molar-refractivity contribution in [3.05, 3.63) is 70.8 Å². The Balaban J connectivity index is 1.60. The van der Waals surface area contributed by atoms with Crippen molar-refractivity contribution in [2.24, 2.45) is 7.05 Å². The van der Waals surface area contributed by atoms with E-state index in [0.717, 1.165) is 11.8 Å². The summed E-state index contributed by atoms with van der Waals surface area (Å²) in [6, 6.07) is 12.3. The minimum atomic E-state index is -0.500. The molecule has 7 nitrogen and oxygen atoms in total. The zero-order valence-electron chi connectivity index (χ0n) is 16.2. The predicted octanol–water partition coefficient (Wildman–Crippen LogP) is 3.83. The zero-order valence-corrected chi connectivity index (χ0v) is 17.8. The van der Waals surface area contributed by atoms with E-state index in [1.54, 1.807) is 54.9 Å². The van der Waals surface area contributed by atoms with Crippen LogP contribution in [0.1, 0.15) is 29.1 Å². The summed E-state index contributed by atoms with van der Waals surface area (Å²) in [4.78, 5) is 24.5. The second-order valence-corrected chi connectivity index (χ2v) is 7.74. The summed E-state index contributed by atoms with van der Waals surface area (Å²) < 4.78 is 15.3. The Morgan fingerprint density at radius 1 is 1.17 bits per heavy atom. The van der Waals surface area contributed by atoms with Crippen molar-refractivity contribution in [3.63, 3.8) is 0 Å². The van der Waals surface area contributed by atoms with E-state index >= 15 is 0 Å². The molecule has 0 radical (unpaired) electrons. The van der Waals surface area contributed by atoms with Crippen molar-refractivity contribution in [2.45, 2.75) is 18.1 Å². The monoisotopic (exact) mass is 447 g/mol. The lowest BCUT2D eigenvalue weighted by Gasteiger charge is -2.14. The fourth-order valence-corrected chi connectivity index (χ4v) is 3.63. The minimum Gasteiger partial charge on any atom is -0.342 e. The van der Waals surface area contributed by atoms with Crippen LogP contribution in [0, 0.1) is 5.82 Å². The summed E-state index contributed by atoms with van der Waals surface area (Å²) in [5, 5.41) is 14.4. The highest BCUT2D eigenvalue weighted by atomic mass is 35.5. The Kier molecular flexibility index (Phi) is 7.07. The molecule has 156 valence electrons. The van der Waals surface area contributed by atoms with Crippen molar-refractivity contribution < 1.29 is 14.0 Å². The number of para-hydroxylation sites is 1. The molecular formula is C20H19ClFN5O2S. The zero-order chi connectivity index (χ0) is 21.7.